The molecule has 11 heteroatoms. The summed E-state index contributed by atoms with van der Waals surface area (Å²) in [5, 5.41) is 2.61. The Morgan fingerprint density at radius 3 is 2.17 bits per heavy atom. The third-order valence-electron chi connectivity index (χ3n) is 5.74. The van der Waals surface area contributed by atoms with Gasteiger partial charge in [0.05, 0.1) is 29.7 Å². The number of benzene rings is 2. The van der Waals surface area contributed by atoms with Crippen LogP contribution in [0.15, 0.2) is 42.5 Å². The van der Waals surface area contributed by atoms with Gasteiger partial charge in [0.1, 0.15) is 0 Å². The molecule has 35 heavy (non-hydrogen) atoms. The quantitative estimate of drug-likeness (QED) is 0.420. The van der Waals surface area contributed by atoms with E-state index < -0.39 is 52.8 Å². The van der Waals surface area contributed by atoms with Crippen molar-refractivity contribution in [3.05, 3.63) is 70.3 Å². The summed E-state index contributed by atoms with van der Waals surface area (Å²) in [4.78, 5) is 27.8. The molecule has 0 fully saturated rings. The first kappa shape index (κ1) is 26.5. The Morgan fingerprint density at radius 1 is 1.03 bits per heavy atom. The molecule has 2 atom stereocenters. The highest BCUT2D eigenvalue weighted by Gasteiger charge is 2.46. The SMILES string of the molecule is CCCN1C(=O)c2ccccc2C(C(=O)NCCOC)C1c1cc(C(F)(F)F)cc(C(F)(F)F)c1. The lowest BCUT2D eigenvalue weighted by Crippen LogP contribution is -2.48. The van der Waals surface area contributed by atoms with Crippen molar-refractivity contribution in [2.45, 2.75) is 37.7 Å². The van der Waals surface area contributed by atoms with Crippen molar-refractivity contribution in [2.75, 3.05) is 26.8 Å². The minimum atomic E-state index is -5.07. The lowest BCUT2D eigenvalue weighted by molar-refractivity contribution is -0.143. The number of carbonyl (C=O) groups is 2. The number of nitrogens with zero attached hydrogens (tertiary/aromatic N) is 1. The van der Waals surface area contributed by atoms with Crippen LogP contribution in [0.5, 0.6) is 0 Å². The maximum atomic E-state index is 13.6. The van der Waals surface area contributed by atoms with Crippen molar-refractivity contribution < 1.29 is 40.7 Å². The smallest absolute Gasteiger partial charge is 0.383 e. The number of carbonyl (C=O) groups excluding carboxylic acids is 2. The zero-order chi connectivity index (χ0) is 26.0. The Morgan fingerprint density at radius 2 is 1.63 bits per heavy atom. The van der Waals surface area contributed by atoms with Crippen LogP contribution in [0.25, 0.3) is 0 Å². The van der Waals surface area contributed by atoms with Crippen LogP contribution in [0, 0.1) is 0 Å². The van der Waals surface area contributed by atoms with Gasteiger partial charge in [0.15, 0.2) is 0 Å². The Balaban J connectivity index is 2.27. The summed E-state index contributed by atoms with van der Waals surface area (Å²) < 4.78 is 86.4. The standard InChI is InChI=1S/C24H24F6N2O3/c1-3-9-32-20(14-11-15(23(25,26)27)13-16(12-14)24(28,29)30)19(21(33)31-8-10-35-2)17-6-4-5-7-18(17)22(32)34/h4-7,11-13,19-20H,3,8-10H2,1-2H3,(H,31,33). The summed E-state index contributed by atoms with van der Waals surface area (Å²) in [7, 11) is 1.41. The number of nitrogens with one attached hydrogen (secondary N) is 1. The molecule has 0 aliphatic carbocycles. The summed E-state index contributed by atoms with van der Waals surface area (Å²) >= 11 is 0. The van der Waals surface area contributed by atoms with Crippen LogP contribution in [-0.4, -0.2) is 43.5 Å². The monoisotopic (exact) mass is 502 g/mol. The fourth-order valence-corrected chi connectivity index (χ4v) is 4.27. The van der Waals surface area contributed by atoms with Gasteiger partial charge in [-0.1, -0.05) is 25.1 Å². The number of hydrogen-bond acceptors (Lipinski definition) is 3. The van der Waals surface area contributed by atoms with E-state index in [2.05, 4.69) is 5.32 Å². The van der Waals surface area contributed by atoms with E-state index in [0.717, 1.165) is 0 Å². The molecule has 5 nitrogen and oxygen atoms in total. The Labute approximate surface area is 198 Å². The highest BCUT2D eigenvalue weighted by atomic mass is 19.4. The highest BCUT2D eigenvalue weighted by Crippen LogP contribution is 2.46. The van der Waals surface area contributed by atoms with Crippen LogP contribution < -0.4 is 5.32 Å². The predicted octanol–water partition coefficient (Wildman–Crippen LogP) is 5.18. The molecule has 3 rings (SSSR count). The largest absolute Gasteiger partial charge is 0.416 e. The molecule has 0 saturated carbocycles. The van der Waals surface area contributed by atoms with Gasteiger partial charge in [-0.05, 0) is 41.8 Å². The maximum Gasteiger partial charge on any atom is 0.416 e. The number of hydrogen-bond donors (Lipinski definition) is 1. The molecule has 2 amide bonds. The van der Waals surface area contributed by atoms with E-state index in [1.54, 1.807) is 19.1 Å². The van der Waals surface area contributed by atoms with Gasteiger partial charge in [-0.2, -0.15) is 26.3 Å². The molecule has 0 aromatic heterocycles. The third-order valence-corrected chi connectivity index (χ3v) is 5.74. The van der Waals surface area contributed by atoms with Crippen molar-refractivity contribution in [2.24, 2.45) is 0 Å². The summed E-state index contributed by atoms with van der Waals surface area (Å²) in [5.41, 5.74) is -3.04. The number of amides is 2. The summed E-state index contributed by atoms with van der Waals surface area (Å²) in [6.45, 7) is 1.95. The molecule has 1 aliphatic rings. The minimum Gasteiger partial charge on any atom is -0.383 e. The maximum absolute atomic E-state index is 13.6. The molecule has 2 aromatic rings. The number of ether oxygens (including phenoxy) is 1. The molecule has 2 unspecified atom stereocenters. The van der Waals surface area contributed by atoms with Crippen LogP contribution in [0.3, 0.4) is 0 Å². The summed E-state index contributed by atoms with van der Waals surface area (Å²) in [6.07, 6.45) is -9.77. The molecular formula is C24H24F6N2O3. The van der Waals surface area contributed by atoms with Gasteiger partial charge < -0.3 is 15.0 Å². The van der Waals surface area contributed by atoms with Gasteiger partial charge in [0.25, 0.3) is 5.91 Å². The molecule has 0 saturated heterocycles. The number of halogens is 6. The van der Waals surface area contributed by atoms with Crippen molar-refractivity contribution in [1.82, 2.24) is 10.2 Å². The molecular weight excluding hydrogens is 478 g/mol. The average molecular weight is 502 g/mol. The van der Waals surface area contributed by atoms with Crippen molar-refractivity contribution in [1.29, 1.82) is 0 Å². The summed E-state index contributed by atoms with van der Waals surface area (Å²) in [5.74, 6) is -2.45. The van der Waals surface area contributed by atoms with Crippen LogP contribution in [-0.2, 0) is 21.9 Å². The second kappa shape index (κ2) is 10.3. The number of fused-ring (bicyclic) bond motifs is 1. The van der Waals surface area contributed by atoms with E-state index in [4.69, 9.17) is 4.74 Å². The lowest BCUT2D eigenvalue weighted by atomic mass is 9.78. The van der Waals surface area contributed by atoms with E-state index >= 15 is 0 Å². The third kappa shape index (κ3) is 5.61. The van der Waals surface area contributed by atoms with Crippen molar-refractivity contribution in [3.8, 4) is 0 Å². The second-order valence-electron chi connectivity index (χ2n) is 8.13. The molecule has 0 spiro atoms. The first-order chi connectivity index (χ1) is 16.4. The van der Waals surface area contributed by atoms with E-state index in [0.29, 0.717) is 18.6 Å². The van der Waals surface area contributed by atoms with Crippen LogP contribution >= 0.6 is 0 Å². The minimum absolute atomic E-state index is 0.0251. The predicted molar refractivity (Wildman–Crippen MR) is 115 cm³/mol. The summed E-state index contributed by atoms with van der Waals surface area (Å²) in [6, 6.07) is 5.91. The lowest BCUT2D eigenvalue weighted by Gasteiger charge is -2.42. The van der Waals surface area contributed by atoms with Gasteiger partial charge >= 0.3 is 12.4 Å². The normalized spacial score (nSPS) is 18.4. The second-order valence-corrected chi connectivity index (χ2v) is 8.13. The van der Waals surface area contributed by atoms with Gasteiger partial charge in [-0.15, -0.1) is 0 Å². The van der Waals surface area contributed by atoms with Crippen LogP contribution in [0.2, 0.25) is 0 Å². The van der Waals surface area contributed by atoms with E-state index in [1.807, 2.05) is 0 Å². The Bertz CT molecular complexity index is 1050. The fourth-order valence-electron chi connectivity index (χ4n) is 4.27. The van der Waals surface area contributed by atoms with E-state index in [1.165, 1.54) is 24.1 Å². The number of methoxy groups -OCH3 is 1. The number of alkyl halides is 6. The van der Waals surface area contributed by atoms with Gasteiger partial charge in [-0.3, -0.25) is 9.59 Å². The van der Waals surface area contributed by atoms with E-state index in [9.17, 15) is 35.9 Å². The van der Waals surface area contributed by atoms with Crippen LogP contribution in [0.1, 0.15) is 57.9 Å². The number of rotatable bonds is 7. The zero-order valence-electron chi connectivity index (χ0n) is 19.0. The first-order valence-corrected chi connectivity index (χ1v) is 10.9. The van der Waals surface area contributed by atoms with Crippen LogP contribution in [0.4, 0.5) is 26.3 Å². The molecule has 1 heterocycles. The first-order valence-electron chi connectivity index (χ1n) is 10.9. The molecule has 2 aromatic carbocycles. The van der Waals surface area contributed by atoms with Gasteiger partial charge in [0.2, 0.25) is 5.91 Å². The Kier molecular flexibility index (Phi) is 7.78. The van der Waals surface area contributed by atoms with Crippen molar-refractivity contribution in [3.63, 3.8) is 0 Å². The fraction of sp³-hybridized carbons (Fsp3) is 0.417. The Hall–Kier alpha value is -3.08. The van der Waals surface area contributed by atoms with Gasteiger partial charge in [-0.25, -0.2) is 0 Å². The highest BCUT2D eigenvalue weighted by molar-refractivity contribution is 6.01. The zero-order valence-corrected chi connectivity index (χ0v) is 19.0. The molecule has 0 radical (unpaired) electrons. The topological polar surface area (TPSA) is 58.6 Å². The molecule has 0 bridgehead atoms. The molecule has 1 N–H and O–H groups in total. The van der Waals surface area contributed by atoms with Crippen molar-refractivity contribution >= 4 is 11.8 Å². The molecule has 1 aliphatic heterocycles. The van der Waals surface area contributed by atoms with E-state index in [-0.39, 0.29) is 36.9 Å². The molecule has 190 valence electrons. The van der Waals surface area contributed by atoms with Gasteiger partial charge in [0, 0.05) is 25.8 Å². The average Bonchev–Trinajstić information content (AvgIpc) is 2.79.